The monoisotopic (exact) mass is 345 g/mol. The van der Waals surface area contributed by atoms with E-state index in [1.807, 2.05) is 0 Å². The molecular weight excluding hydrogens is 322 g/mol. The van der Waals surface area contributed by atoms with Crippen molar-refractivity contribution in [3.63, 3.8) is 0 Å². The first-order valence-electron chi connectivity index (χ1n) is 7.00. The Hall–Kier alpha value is -1.87. The van der Waals surface area contributed by atoms with Gasteiger partial charge in [0, 0.05) is 33.9 Å². The van der Waals surface area contributed by atoms with Gasteiger partial charge in [0.1, 0.15) is 10.6 Å². The summed E-state index contributed by atoms with van der Waals surface area (Å²) in [4.78, 5) is 23.2. The summed E-state index contributed by atoms with van der Waals surface area (Å²) in [6.07, 6.45) is 1.63. The highest BCUT2D eigenvalue weighted by atomic mass is 32.2. The second-order valence-electron chi connectivity index (χ2n) is 6.15. The molecule has 0 atom stereocenters. The van der Waals surface area contributed by atoms with E-state index in [1.165, 1.54) is 30.9 Å². The van der Waals surface area contributed by atoms with Crippen molar-refractivity contribution in [2.75, 3.05) is 20.6 Å². The van der Waals surface area contributed by atoms with Gasteiger partial charge in [0.2, 0.25) is 10.0 Å². The number of aliphatic carboxylic acids is 1. The van der Waals surface area contributed by atoms with Crippen LogP contribution >= 0.6 is 0 Å². The summed E-state index contributed by atoms with van der Waals surface area (Å²) in [7, 11) is 0.787. The largest absolute Gasteiger partial charge is 0.481 e. The van der Waals surface area contributed by atoms with Crippen molar-refractivity contribution in [1.29, 1.82) is 0 Å². The van der Waals surface area contributed by atoms with Crippen molar-refractivity contribution in [1.82, 2.24) is 14.2 Å². The van der Waals surface area contributed by atoms with Gasteiger partial charge in [-0.2, -0.15) is 0 Å². The predicted octanol–water partition coefficient (Wildman–Crippen LogP) is 0.506. The van der Waals surface area contributed by atoms with Crippen LogP contribution in [-0.2, 0) is 21.9 Å². The van der Waals surface area contributed by atoms with Gasteiger partial charge in [0.15, 0.2) is 0 Å². The molecule has 0 unspecified atom stereocenters. The molecular formula is C14H23N3O5S. The van der Waals surface area contributed by atoms with Gasteiger partial charge in [-0.3, -0.25) is 9.59 Å². The van der Waals surface area contributed by atoms with Crippen LogP contribution in [0.4, 0.5) is 0 Å². The Bertz CT molecular complexity index is 704. The number of aromatic nitrogens is 1. The first-order chi connectivity index (χ1) is 10.4. The molecule has 23 heavy (non-hydrogen) atoms. The molecule has 130 valence electrons. The Kier molecular flexibility index (Phi) is 5.60. The normalized spacial score (nSPS) is 12.4. The van der Waals surface area contributed by atoms with Gasteiger partial charge in [-0.15, -0.1) is 0 Å². The number of carbonyl (C=O) groups excluding carboxylic acids is 1. The Morgan fingerprint density at radius 2 is 1.91 bits per heavy atom. The van der Waals surface area contributed by atoms with E-state index in [0.717, 1.165) is 4.31 Å². The molecule has 0 aliphatic heterocycles. The summed E-state index contributed by atoms with van der Waals surface area (Å²) in [5.74, 6) is -1.39. The summed E-state index contributed by atoms with van der Waals surface area (Å²) >= 11 is 0. The van der Waals surface area contributed by atoms with Gasteiger partial charge in [0.05, 0.1) is 5.41 Å². The molecule has 1 aromatic rings. The number of sulfonamides is 1. The van der Waals surface area contributed by atoms with Crippen LogP contribution in [0.2, 0.25) is 0 Å². The minimum atomic E-state index is -3.61. The Labute approximate surface area is 136 Å². The fraction of sp³-hybridized carbons (Fsp3) is 0.571. The number of nitrogens with zero attached hydrogens (tertiary/aromatic N) is 2. The van der Waals surface area contributed by atoms with Gasteiger partial charge >= 0.3 is 5.97 Å². The predicted molar refractivity (Wildman–Crippen MR) is 84.7 cm³/mol. The van der Waals surface area contributed by atoms with E-state index in [4.69, 9.17) is 5.11 Å². The quantitative estimate of drug-likeness (QED) is 0.748. The molecule has 0 fully saturated rings. The van der Waals surface area contributed by atoms with Crippen LogP contribution < -0.4 is 5.32 Å². The van der Waals surface area contributed by atoms with Crippen molar-refractivity contribution in [3.05, 3.63) is 18.0 Å². The summed E-state index contributed by atoms with van der Waals surface area (Å²) in [5.41, 5.74) is -0.750. The molecule has 0 saturated carbocycles. The molecule has 1 rings (SSSR count). The molecule has 1 heterocycles. The number of hydrogen-bond donors (Lipinski definition) is 2. The summed E-state index contributed by atoms with van der Waals surface area (Å²) in [6, 6.07) is 1.30. The average molecular weight is 345 g/mol. The van der Waals surface area contributed by atoms with Crippen molar-refractivity contribution in [2.24, 2.45) is 12.5 Å². The fourth-order valence-corrected chi connectivity index (χ4v) is 2.77. The number of aryl methyl sites for hydroxylation is 1. The van der Waals surface area contributed by atoms with Gasteiger partial charge in [-0.1, -0.05) is 0 Å². The average Bonchev–Trinajstić information content (AvgIpc) is 2.80. The van der Waals surface area contributed by atoms with Gasteiger partial charge < -0.3 is 15.0 Å². The molecule has 9 heteroatoms. The maximum Gasteiger partial charge on any atom is 0.309 e. The molecule has 0 aliphatic carbocycles. The van der Waals surface area contributed by atoms with Crippen LogP contribution in [0.25, 0.3) is 0 Å². The Balaban J connectivity index is 2.83. The van der Waals surface area contributed by atoms with E-state index in [1.54, 1.807) is 20.9 Å². The standard InChI is InChI=1S/C14H23N3O5S/c1-14(2,13(19)20)6-7-15-12(18)11-8-10(9-17(11)5)23(21,22)16(3)4/h8-9H,6-7H2,1-5H3,(H,15,18)(H,19,20). The number of carboxylic acids is 1. The molecule has 0 spiro atoms. The summed E-state index contributed by atoms with van der Waals surface area (Å²) in [5, 5.41) is 11.6. The lowest BCUT2D eigenvalue weighted by molar-refractivity contribution is -0.147. The number of carbonyl (C=O) groups is 2. The number of rotatable bonds is 7. The molecule has 0 aliphatic rings. The van der Waals surface area contributed by atoms with Crippen LogP contribution in [-0.4, -0.2) is 54.9 Å². The zero-order chi connectivity index (χ0) is 18.0. The lowest BCUT2D eigenvalue weighted by atomic mass is 9.90. The zero-order valence-corrected chi connectivity index (χ0v) is 14.8. The van der Waals surface area contributed by atoms with E-state index >= 15 is 0 Å². The van der Waals surface area contributed by atoms with Gasteiger partial charge in [-0.05, 0) is 26.3 Å². The van der Waals surface area contributed by atoms with E-state index in [-0.39, 0.29) is 23.6 Å². The van der Waals surface area contributed by atoms with Crippen LogP contribution in [0, 0.1) is 5.41 Å². The van der Waals surface area contributed by atoms with Crippen LogP contribution in [0.15, 0.2) is 17.2 Å². The molecule has 0 bridgehead atoms. The number of nitrogens with one attached hydrogen (secondary N) is 1. The SMILES string of the molecule is CN(C)S(=O)(=O)c1cc(C(=O)NCCC(C)(C)C(=O)O)n(C)c1. The van der Waals surface area contributed by atoms with Crippen molar-refractivity contribution in [2.45, 2.75) is 25.2 Å². The molecule has 1 amide bonds. The number of hydrogen-bond acceptors (Lipinski definition) is 4. The van der Waals surface area contributed by atoms with Crippen LogP contribution in [0.1, 0.15) is 30.8 Å². The second-order valence-corrected chi connectivity index (χ2v) is 8.31. The van der Waals surface area contributed by atoms with Crippen LogP contribution in [0.5, 0.6) is 0 Å². The molecule has 0 radical (unpaired) electrons. The van der Waals surface area contributed by atoms with Crippen LogP contribution in [0.3, 0.4) is 0 Å². The van der Waals surface area contributed by atoms with Gasteiger partial charge in [-0.25, -0.2) is 12.7 Å². The maximum atomic E-state index is 12.1. The fourth-order valence-electron chi connectivity index (χ4n) is 1.80. The highest BCUT2D eigenvalue weighted by molar-refractivity contribution is 7.89. The van der Waals surface area contributed by atoms with E-state index < -0.39 is 27.3 Å². The van der Waals surface area contributed by atoms with E-state index in [9.17, 15) is 18.0 Å². The Morgan fingerprint density at radius 1 is 1.35 bits per heavy atom. The highest BCUT2D eigenvalue weighted by Crippen LogP contribution is 2.20. The minimum Gasteiger partial charge on any atom is -0.481 e. The summed E-state index contributed by atoms with van der Waals surface area (Å²) in [6.45, 7) is 3.33. The Morgan fingerprint density at radius 3 is 2.39 bits per heavy atom. The first kappa shape index (κ1) is 19.2. The topological polar surface area (TPSA) is 109 Å². The van der Waals surface area contributed by atoms with E-state index in [0.29, 0.717) is 0 Å². The van der Waals surface area contributed by atoms with Crippen molar-refractivity contribution < 1.29 is 23.1 Å². The smallest absolute Gasteiger partial charge is 0.309 e. The lowest BCUT2D eigenvalue weighted by Crippen LogP contribution is -2.32. The summed E-state index contributed by atoms with van der Waals surface area (Å²) < 4.78 is 26.6. The van der Waals surface area contributed by atoms with Crippen molar-refractivity contribution in [3.8, 4) is 0 Å². The molecule has 8 nitrogen and oxygen atoms in total. The lowest BCUT2D eigenvalue weighted by Gasteiger charge is -2.18. The third-order valence-electron chi connectivity index (χ3n) is 3.61. The van der Waals surface area contributed by atoms with E-state index in [2.05, 4.69) is 5.32 Å². The molecule has 0 aromatic carbocycles. The number of carboxylic acid groups (broad SMARTS) is 1. The molecule has 2 N–H and O–H groups in total. The van der Waals surface area contributed by atoms with Gasteiger partial charge in [0.25, 0.3) is 5.91 Å². The minimum absolute atomic E-state index is 0.0287. The number of amides is 1. The maximum absolute atomic E-state index is 12.1. The first-order valence-corrected chi connectivity index (χ1v) is 8.44. The molecule has 0 saturated heterocycles. The third-order valence-corrected chi connectivity index (χ3v) is 5.39. The second kappa shape index (κ2) is 6.71. The molecule has 1 aromatic heterocycles. The van der Waals surface area contributed by atoms with Crippen molar-refractivity contribution >= 4 is 21.9 Å². The third kappa shape index (κ3) is 4.32. The zero-order valence-electron chi connectivity index (χ0n) is 14.0. The highest BCUT2D eigenvalue weighted by Gasteiger charge is 2.27.